The molecule has 1 fully saturated rings. The van der Waals surface area contributed by atoms with Crippen LogP contribution in [0, 0.1) is 0 Å². The third-order valence-electron chi connectivity index (χ3n) is 2.62. The number of nitrogens with zero attached hydrogens (tertiary/aromatic N) is 4. The van der Waals surface area contributed by atoms with Crippen LogP contribution in [-0.4, -0.2) is 42.8 Å². The molecule has 2 atom stereocenters. The molecule has 0 bridgehead atoms. The van der Waals surface area contributed by atoms with Gasteiger partial charge in [-0.3, -0.25) is 0 Å². The van der Waals surface area contributed by atoms with Gasteiger partial charge in [0, 0.05) is 17.7 Å². The quantitative estimate of drug-likeness (QED) is 0.840. The van der Waals surface area contributed by atoms with Crippen LogP contribution in [0.2, 0.25) is 0 Å². The number of hydrogen-bond acceptors (Lipinski definition) is 7. The molecule has 1 saturated heterocycles. The first-order valence-electron chi connectivity index (χ1n) is 5.20. The topological polar surface area (TPSA) is 84.9 Å². The van der Waals surface area contributed by atoms with Crippen molar-refractivity contribution in [3.63, 3.8) is 0 Å². The van der Waals surface area contributed by atoms with Gasteiger partial charge < -0.3 is 9.63 Å². The van der Waals surface area contributed by atoms with Crippen molar-refractivity contribution >= 4 is 11.8 Å². The number of aliphatic hydroxyl groups excluding tert-OH is 1. The van der Waals surface area contributed by atoms with Gasteiger partial charge in [0.1, 0.15) is 12.0 Å². The van der Waals surface area contributed by atoms with Gasteiger partial charge in [-0.25, -0.2) is 9.97 Å². The van der Waals surface area contributed by atoms with Crippen LogP contribution in [-0.2, 0) is 0 Å². The number of rotatable bonds is 2. The monoisotopic (exact) mass is 250 g/mol. The van der Waals surface area contributed by atoms with E-state index in [1.165, 1.54) is 6.33 Å². The molecule has 6 nitrogen and oxygen atoms in total. The van der Waals surface area contributed by atoms with Crippen molar-refractivity contribution in [3.8, 4) is 11.5 Å². The van der Waals surface area contributed by atoms with Gasteiger partial charge in [0.15, 0.2) is 0 Å². The van der Waals surface area contributed by atoms with Crippen LogP contribution in [0.15, 0.2) is 23.1 Å². The maximum absolute atomic E-state index is 9.75. The largest absolute Gasteiger partial charge is 0.391 e. The normalized spacial score (nSPS) is 24.1. The lowest BCUT2D eigenvalue weighted by Crippen LogP contribution is -2.15. The van der Waals surface area contributed by atoms with Crippen molar-refractivity contribution in [2.24, 2.45) is 0 Å². The van der Waals surface area contributed by atoms with Gasteiger partial charge in [-0.2, -0.15) is 16.7 Å². The highest BCUT2D eigenvalue weighted by Crippen LogP contribution is 2.32. The lowest BCUT2D eigenvalue weighted by Gasteiger charge is -2.06. The van der Waals surface area contributed by atoms with E-state index in [0.717, 1.165) is 11.5 Å². The van der Waals surface area contributed by atoms with Gasteiger partial charge in [-0.15, -0.1) is 0 Å². The fourth-order valence-corrected chi connectivity index (χ4v) is 2.92. The Bertz CT molecular complexity index is 504. The minimum absolute atomic E-state index is 0.0666. The van der Waals surface area contributed by atoms with E-state index in [9.17, 15) is 5.11 Å². The summed E-state index contributed by atoms with van der Waals surface area (Å²) in [6.07, 6.45) is 2.66. The number of hydrogen-bond donors (Lipinski definition) is 1. The predicted octanol–water partition coefficient (Wildman–Crippen LogP) is 0.718. The van der Waals surface area contributed by atoms with Crippen LogP contribution in [0.4, 0.5) is 0 Å². The lowest BCUT2D eigenvalue weighted by molar-refractivity contribution is 0.164. The van der Waals surface area contributed by atoms with Gasteiger partial charge in [0.25, 0.3) is 0 Å². The summed E-state index contributed by atoms with van der Waals surface area (Å²) in [6, 6.07) is 1.72. The molecule has 1 N–H and O–H groups in total. The maximum Gasteiger partial charge on any atom is 0.233 e. The summed E-state index contributed by atoms with van der Waals surface area (Å²) in [5.41, 5.74) is 0.620. The van der Waals surface area contributed by atoms with Crippen LogP contribution in [0.5, 0.6) is 0 Å². The maximum atomic E-state index is 9.75. The standard InChI is InChI=1S/C10H10N4O2S/c15-8-4-17-3-6(8)10-13-9(14-16-10)7-1-2-11-5-12-7/h1-2,5-6,8,15H,3-4H2. The van der Waals surface area contributed by atoms with Crippen LogP contribution >= 0.6 is 11.8 Å². The van der Waals surface area contributed by atoms with Crippen molar-refractivity contribution in [1.29, 1.82) is 0 Å². The first-order chi connectivity index (χ1) is 8.34. The van der Waals surface area contributed by atoms with E-state index in [1.54, 1.807) is 24.0 Å². The fraction of sp³-hybridized carbons (Fsp3) is 0.400. The Labute approximate surface area is 101 Å². The molecule has 0 radical (unpaired) electrons. The first kappa shape index (κ1) is 10.7. The minimum Gasteiger partial charge on any atom is -0.391 e. The zero-order valence-electron chi connectivity index (χ0n) is 8.85. The van der Waals surface area contributed by atoms with Crippen molar-refractivity contribution in [1.82, 2.24) is 20.1 Å². The van der Waals surface area contributed by atoms with E-state index < -0.39 is 6.10 Å². The molecule has 3 heterocycles. The van der Waals surface area contributed by atoms with Gasteiger partial charge in [0.05, 0.1) is 12.0 Å². The van der Waals surface area contributed by atoms with Crippen molar-refractivity contribution < 1.29 is 9.63 Å². The van der Waals surface area contributed by atoms with E-state index in [1.807, 2.05) is 0 Å². The molecule has 2 aromatic heterocycles. The average molecular weight is 250 g/mol. The minimum atomic E-state index is -0.404. The van der Waals surface area contributed by atoms with E-state index in [4.69, 9.17) is 4.52 Å². The summed E-state index contributed by atoms with van der Waals surface area (Å²) in [6.45, 7) is 0. The molecule has 1 aliphatic heterocycles. The summed E-state index contributed by atoms with van der Waals surface area (Å²) in [5.74, 6) is 2.38. The van der Waals surface area contributed by atoms with Crippen molar-refractivity contribution in [3.05, 3.63) is 24.5 Å². The molecule has 0 spiro atoms. The van der Waals surface area contributed by atoms with Crippen molar-refractivity contribution in [2.75, 3.05) is 11.5 Å². The molecule has 0 aliphatic carbocycles. The molecule has 0 amide bonds. The fourth-order valence-electron chi connectivity index (χ4n) is 1.69. The van der Waals surface area contributed by atoms with Gasteiger partial charge in [-0.05, 0) is 6.07 Å². The molecule has 7 heteroatoms. The molecule has 0 saturated carbocycles. The highest BCUT2D eigenvalue weighted by Gasteiger charge is 2.32. The highest BCUT2D eigenvalue weighted by molar-refractivity contribution is 7.99. The highest BCUT2D eigenvalue weighted by atomic mass is 32.2. The Morgan fingerprint density at radius 1 is 1.41 bits per heavy atom. The lowest BCUT2D eigenvalue weighted by atomic mass is 10.1. The van der Waals surface area contributed by atoms with Gasteiger partial charge in [-0.1, -0.05) is 5.16 Å². The van der Waals surface area contributed by atoms with Crippen LogP contribution in [0.3, 0.4) is 0 Å². The molecule has 0 aromatic carbocycles. The molecule has 88 valence electrons. The predicted molar refractivity (Wildman–Crippen MR) is 61.4 cm³/mol. The van der Waals surface area contributed by atoms with Crippen LogP contribution in [0.1, 0.15) is 11.8 Å². The summed E-state index contributed by atoms with van der Waals surface area (Å²) in [4.78, 5) is 12.1. The third kappa shape index (κ3) is 2.03. The summed E-state index contributed by atoms with van der Waals surface area (Å²) in [5, 5.41) is 13.6. The number of thioether (sulfide) groups is 1. The Balaban J connectivity index is 1.88. The van der Waals surface area contributed by atoms with Crippen molar-refractivity contribution in [2.45, 2.75) is 12.0 Å². The molecule has 17 heavy (non-hydrogen) atoms. The zero-order chi connectivity index (χ0) is 11.7. The second-order valence-electron chi connectivity index (χ2n) is 3.76. The molecule has 1 aliphatic rings. The molecule has 3 rings (SSSR count). The second kappa shape index (κ2) is 4.42. The van der Waals surface area contributed by atoms with E-state index >= 15 is 0 Å². The molecular weight excluding hydrogens is 240 g/mol. The van der Waals surface area contributed by atoms with Crippen LogP contribution < -0.4 is 0 Å². The Morgan fingerprint density at radius 2 is 2.35 bits per heavy atom. The molecule has 2 aromatic rings. The Hall–Kier alpha value is -1.47. The summed E-state index contributed by atoms with van der Waals surface area (Å²) >= 11 is 1.69. The first-order valence-corrected chi connectivity index (χ1v) is 6.36. The molecular formula is C10H10N4O2S. The third-order valence-corrected chi connectivity index (χ3v) is 3.79. The number of aromatic nitrogens is 4. The Morgan fingerprint density at radius 3 is 3.06 bits per heavy atom. The molecule has 2 unspecified atom stereocenters. The zero-order valence-corrected chi connectivity index (χ0v) is 9.67. The van der Waals surface area contributed by atoms with Gasteiger partial charge >= 0.3 is 0 Å². The summed E-state index contributed by atoms with van der Waals surface area (Å²) < 4.78 is 5.18. The van der Waals surface area contributed by atoms with E-state index in [0.29, 0.717) is 17.4 Å². The van der Waals surface area contributed by atoms with E-state index in [-0.39, 0.29) is 5.92 Å². The average Bonchev–Trinajstić information content (AvgIpc) is 2.98. The second-order valence-corrected chi connectivity index (χ2v) is 4.84. The smallest absolute Gasteiger partial charge is 0.233 e. The van der Waals surface area contributed by atoms with Crippen LogP contribution in [0.25, 0.3) is 11.5 Å². The van der Waals surface area contributed by atoms with E-state index in [2.05, 4.69) is 20.1 Å². The van der Waals surface area contributed by atoms with Gasteiger partial charge in [0.2, 0.25) is 11.7 Å². The SMILES string of the molecule is OC1CSCC1c1nc(-c2ccncn2)no1. The number of aliphatic hydroxyl groups is 1. The Kier molecular flexibility index (Phi) is 2.77. The summed E-state index contributed by atoms with van der Waals surface area (Å²) in [7, 11) is 0.